The van der Waals surface area contributed by atoms with Gasteiger partial charge in [0, 0.05) is 38.0 Å². The van der Waals surface area contributed by atoms with Gasteiger partial charge in [-0.25, -0.2) is 15.0 Å². The predicted octanol–water partition coefficient (Wildman–Crippen LogP) is 2.61. The molecule has 8 heteroatoms. The van der Waals surface area contributed by atoms with Crippen molar-refractivity contribution in [3.63, 3.8) is 0 Å². The number of aromatic nitrogens is 5. The second-order valence-corrected chi connectivity index (χ2v) is 6.69. The van der Waals surface area contributed by atoms with E-state index in [1.54, 1.807) is 4.68 Å². The van der Waals surface area contributed by atoms with Crippen LogP contribution in [0.3, 0.4) is 0 Å². The van der Waals surface area contributed by atoms with E-state index in [9.17, 15) is 0 Å². The van der Waals surface area contributed by atoms with Gasteiger partial charge in [0.25, 0.3) is 0 Å². The van der Waals surface area contributed by atoms with Crippen molar-refractivity contribution in [3.8, 4) is 0 Å². The monoisotopic (exact) mass is 358 g/mol. The molecular formula is C17H19ClN6O. The summed E-state index contributed by atoms with van der Waals surface area (Å²) in [7, 11) is 1.90. The lowest BCUT2D eigenvalue weighted by Crippen LogP contribution is -2.38. The SMILES string of the molecule is Cc1nc2nc(N3CCOC(c4cnn(C)c4)C3)cc(Cl)c2nc1C. The van der Waals surface area contributed by atoms with E-state index in [1.807, 2.05) is 39.4 Å². The Morgan fingerprint density at radius 2 is 2.00 bits per heavy atom. The number of anilines is 1. The Bertz CT molecular complexity index is 940. The second-order valence-electron chi connectivity index (χ2n) is 6.28. The van der Waals surface area contributed by atoms with Gasteiger partial charge in [-0.1, -0.05) is 11.6 Å². The minimum Gasteiger partial charge on any atom is -0.370 e. The summed E-state index contributed by atoms with van der Waals surface area (Å²) in [6.45, 7) is 5.92. The molecule has 0 radical (unpaired) electrons. The number of rotatable bonds is 2. The molecule has 25 heavy (non-hydrogen) atoms. The van der Waals surface area contributed by atoms with Gasteiger partial charge >= 0.3 is 0 Å². The van der Waals surface area contributed by atoms with Gasteiger partial charge in [-0.05, 0) is 13.8 Å². The number of morpholine rings is 1. The molecule has 1 atom stereocenters. The third-order valence-electron chi connectivity index (χ3n) is 4.48. The molecule has 3 aromatic rings. The van der Waals surface area contributed by atoms with Crippen molar-refractivity contribution in [1.29, 1.82) is 0 Å². The fourth-order valence-corrected chi connectivity index (χ4v) is 3.20. The summed E-state index contributed by atoms with van der Waals surface area (Å²) in [6, 6.07) is 1.86. The molecule has 4 rings (SSSR count). The zero-order valence-corrected chi connectivity index (χ0v) is 15.2. The first-order chi connectivity index (χ1) is 12.0. The van der Waals surface area contributed by atoms with E-state index < -0.39 is 0 Å². The van der Waals surface area contributed by atoms with Crippen molar-refractivity contribution in [3.05, 3.63) is 40.4 Å². The van der Waals surface area contributed by atoms with Crippen LogP contribution >= 0.6 is 11.6 Å². The molecule has 0 amide bonds. The topological polar surface area (TPSA) is 69.0 Å². The standard InChI is InChI=1S/C17H19ClN6O/c1-10-11(2)21-17-16(20-10)13(18)6-15(22-17)24-4-5-25-14(9-24)12-7-19-23(3)8-12/h6-8,14H,4-5,9H2,1-3H3. The third-order valence-corrected chi connectivity index (χ3v) is 4.77. The number of hydrogen-bond donors (Lipinski definition) is 0. The molecule has 130 valence electrons. The van der Waals surface area contributed by atoms with Crippen LogP contribution in [0.2, 0.25) is 5.02 Å². The van der Waals surface area contributed by atoms with Crippen molar-refractivity contribution >= 4 is 28.6 Å². The van der Waals surface area contributed by atoms with Gasteiger partial charge in [0.15, 0.2) is 5.65 Å². The lowest BCUT2D eigenvalue weighted by atomic mass is 10.1. The summed E-state index contributed by atoms with van der Waals surface area (Å²) in [5, 5.41) is 4.80. The molecule has 1 fully saturated rings. The fraction of sp³-hybridized carbons (Fsp3) is 0.412. The average Bonchev–Trinajstić information content (AvgIpc) is 3.03. The molecule has 1 aliphatic heterocycles. The molecule has 0 spiro atoms. The van der Waals surface area contributed by atoms with Crippen LogP contribution in [-0.2, 0) is 11.8 Å². The van der Waals surface area contributed by atoms with E-state index in [0.29, 0.717) is 29.3 Å². The van der Waals surface area contributed by atoms with Gasteiger partial charge in [-0.2, -0.15) is 5.10 Å². The van der Waals surface area contributed by atoms with Crippen molar-refractivity contribution in [2.45, 2.75) is 20.0 Å². The first kappa shape index (κ1) is 16.2. The summed E-state index contributed by atoms with van der Waals surface area (Å²) < 4.78 is 7.68. The lowest BCUT2D eigenvalue weighted by molar-refractivity contribution is 0.0395. The Kier molecular flexibility index (Phi) is 4.05. The minimum atomic E-state index is -0.0374. The van der Waals surface area contributed by atoms with E-state index in [4.69, 9.17) is 16.3 Å². The number of ether oxygens (including phenoxy) is 1. The summed E-state index contributed by atoms with van der Waals surface area (Å²) >= 11 is 6.45. The number of nitrogens with zero attached hydrogens (tertiary/aromatic N) is 6. The van der Waals surface area contributed by atoms with Gasteiger partial charge in [-0.3, -0.25) is 4.68 Å². The molecule has 7 nitrogen and oxygen atoms in total. The maximum Gasteiger partial charge on any atom is 0.182 e. The molecule has 0 aliphatic carbocycles. The summed E-state index contributed by atoms with van der Waals surface area (Å²) in [6.07, 6.45) is 3.78. The van der Waals surface area contributed by atoms with E-state index in [2.05, 4.69) is 25.0 Å². The van der Waals surface area contributed by atoms with Crippen LogP contribution in [0.15, 0.2) is 18.5 Å². The minimum absolute atomic E-state index is 0.0374. The maximum absolute atomic E-state index is 6.45. The fourth-order valence-electron chi connectivity index (χ4n) is 2.98. The molecule has 3 aromatic heterocycles. The summed E-state index contributed by atoms with van der Waals surface area (Å²) in [5.41, 5.74) is 4.02. The Balaban J connectivity index is 1.67. The number of pyridine rings is 1. The van der Waals surface area contributed by atoms with Crippen molar-refractivity contribution in [2.24, 2.45) is 7.05 Å². The number of hydrogen-bond acceptors (Lipinski definition) is 6. The molecule has 4 heterocycles. The molecule has 1 unspecified atom stereocenters. The Morgan fingerprint density at radius 3 is 2.76 bits per heavy atom. The van der Waals surface area contributed by atoms with Gasteiger partial charge in [-0.15, -0.1) is 0 Å². The Hall–Kier alpha value is -2.25. The van der Waals surface area contributed by atoms with E-state index in [1.165, 1.54) is 0 Å². The van der Waals surface area contributed by atoms with Crippen LogP contribution in [-0.4, -0.2) is 44.4 Å². The van der Waals surface area contributed by atoms with Crippen molar-refractivity contribution in [2.75, 3.05) is 24.6 Å². The van der Waals surface area contributed by atoms with Crippen molar-refractivity contribution < 1.29 is 4.74 Å². The van der Waals surface area contributed by atoms with Crippen LogP contribution in [0.4, 0.5) is 5.82 Å². The largest absolute Gasteiger partial charge is 0.370 e. The first-order valence-electron chi connectivity index (χ1n) is 8.18. The highest BCUT2D eigenvalue weighted by Gasteiger charge is 2.25. The molecule has 1 saturated heterocycles. The average molecular weight is 359 g/mol. The highest BCUT2D eigenvalue weighted by atomic mass is 35.5. The van der Waals surface area contributed by atoms with Gasteiger partial charge in [0.1, 0.15) is 17.4 Å². The quantitative estimate of drug-likeness (QED) is 0.701. The Morgan fingerprint density at radius 1 is 1.20 bits per heavy atom. The van der Waals surface area contributed by atoms with Crippen LogP contribution < -0.4 is 4.90 Å². The highest BCUT2D eigenvalue weighted by molar-refractivity contribution is 6.35. The molecule has 0 saturated carbocycles. The van der Waals surface area contributed by atoms with E-state index in [-0.39, 0.29) is 6.10 Å². The van der Waals surface area contributed by atoms with Crippen LogP contribution in [0.25, 0.3) is 11.2 Å². The smallest absolute Gasteiger partial charge is 0.182 e. The highest BCUT2D eigenvalue weighted by Crippen LogP contribution is 2.29. The molecular weight excluding hydrogens is 340 g/mol. The number of aryl methyl sites for hydroxylation is 3. The predicted molar refractivity (Wildman–Crippen MR) is 95.9 cm³/mol. The summed E-state index contributed by atoms with van der Waals surface area (Å²) in [5.74, 6) is 0.798. The Labute approximate surface area is 150 Å². The summed E-state index contributed by atoms with van der Waals surface area (Å²) in [4.78, 5) is 15.9. The van der Waals surface area contributed by atoms with Crippen molar-refractivity contribution in [1.82, 2.24) is 24.7 Å². The van der Waals surface area contributed by atoms with Gasteiger partial charge < -0.3 is 9.64 Å². The number of halogens is 1. The molecule has 1 aliphatic rings. The normalized spacial score (nSPS) is 18.1. The zero-order chi connectivity index (χ0) is 17.6. The van der Waals surface area contributed by atoms with E-state index in [0.717, 1.165) is 29.3 Å². The van der Waals surface area contributed by atoms with Crippen LogP contribution in [0.5, 0.6) is 0 Å². The lowest BCUT2D eigenvalue weighted by Gasteiger charge is -2.33. The van der Waals surface area contributed by atoms with E-state index >= 15 is 0 Å². The third kappa shape index (κ3) is 3.05. The first-order valence-corrected chi connectivity index (χ1v) is 8.55. The molecule has 0 bridgehead atoms. The maximum atomic E-state index is 6.45. The van der Waals surface area contributed by atoms with Crippen LogP contribution in [0.1, 0.15) is 23.1 Å². The zero-order valence-electron chi connectivity index (χ0n) is 14.4. The van der Waals surface area contributed by atoms with Gasteiger partial charge in [0.2, 0.25) is 0 Å². The van der Waals surface area contributed by atoms with Crippen LogP contribution in [0, 0.1) is 13.8 Å². The molecule has 0 N–H and O–H groups in total. The second kappa shape index (κ2) is 6.24. The molecule has 0 aromatic carbocycles. The number of fused-ring (bicyclic) bond motifs is 1. The van der Waals surface area contributed by atoms with Gasteiger partial charge in [0.05, 0.1) is 29.2 Å².